The van der Waals surface area contributed by atoms with Crippen LogP contribution in [-0.2, 0) is 16.0 Å². The maximum atomic E-state index is 11.9. The van der Waals surface area contributed by atoms with Gasteiger partial charge in [-0.05, 0) is 25.0 Å². The standard InChI is InChI=1S/C19H20N4O6/c1-2-29-16-11-14(10-15(17(16)24)23(27)28)12-21-22-19(26)18(25)20-9-8-13-6-4-3-5-7-13/h3-7,10-12,24H,2,8-9H2,1H3,(H,20,25)(H,22,26)/p-1/b21-12-. The highest BCUT2D eigenvalue weighted by atomic mass is 16.6. The summed E-state index contributed by atoms with van der Waals surface area (Å²) in [6.45, 7) is 2.05. The Morgan fingerprint density at radius 3 is 2.59 bits per heavy atom. The molecule has 0 aliphatic heterocycles. The van der Waals surface area contributed by atoms with Crippen molar-refractivity contribution in [1.82, 2.24) is 10.7 Å². The van der Waals surface area contributed by atoms with Gasteiger partial charge in [0.15, 0.2) is 0 Å². The van der Waals surface area contributed by atoms with E-state index >= 15 is 0 Å². The van der Waals surface area contributed by atoms with Crippen molar-refractivity contribution in [2.75, 3.05) is 13.2 Å². The average Bonchev–Trinajstić information content (AvgIpc) is 2.70. The predicted octanol–water partition coefficient (Wildman–Crippen LogP) is 0.876. The summed E-state index contributed by atoms with van der Waals surface area (Å²) in [5.41, 5.74) is 2.52. The molecule has 0 fully saturated rings. The van der Waals surface area contributed by atoms with Gasteiger partial charge in [0.1, 0.15) is 5.75 Å². The third kappa shape index (κ3) is 6.31. The lowest BCUT2D eigenvalue weighted by Gasteiger charge is -2.14. The molecule has 2 rings (SSSR count). The Bertz CT molecular complexity index is 914. The van der Waals surface area contributed by atoms with Gasteiger partial charge in [-0.15, -0.1) is 0 Å². The molecule has 0 saturated heterocycles. The van der Waals surface area contributed by atoms with E-state index in [-0.39, 0.29) is 24.5 Å². The summed E-state index contributed by atoms with van der Waals surface area (Å²) >= 11 is 0. The number of hydrogen-bond donors (Lipinski definition) is 2. The summed E-state index contributed by atoms with van der Waals surface area (Å²) in [7, 11) is 0. The number of amides is 2. The Balaban J connectivity index is 1.93. The van der Waals surface area contributed by atoms with E-state index in [1.54, 1.807) is 6.92 Å². The summed E-state index contributed by atoms with van der Waals surface area (Å²) in [4.78, 5) is 33.7. The van der Waals surface area contributed by atoms with E-state index in [2.05, 4.69) is 10.4 Å². The topological polar surface area (TPSA) is 146 Å². The molecule has 29 heavy (non-hydrogen) atoms. The van der Waals surface area contributed by atoms with E-state index in [4.69, 9.17) is 4.74 Å². The minimum Gasteiger partial charge on any atom is -0.865 e. The molecule has 0 aliphatic rings. The molecule has 0 bridgehead atoms. The Morgan fingerprint density at radius 2 is 1.93 bits per heavy atom. The van der Waals surface area contributed by atoms with E-state index < -0.39 is 28.2 Å². The number of carbonyl (C=O) groups is 2. The SMILES string of the molecule is CCOc1cc(/C=N\NC(=O)C(=O)NCCc2ccccc2)cc([N+](=O)[O-])c1[O-]. The summed E-state index contributed by atoms with van der Waals surface area (Å²) in [5.74, 6) is -2.91. The van der Waals surface area contributed by atoms with Gasteiger partial charge in [-0.3, -0.25) is 19.7 Å². The van der Waals surface area contributed by atoms with Gasteiger partial charge in [-0.1, -0.05) is 30.3 Å². The van der Waals surface area contributed by atoms with Gasteiger partial charge in [0.2, 0.25) is 0 Å². The molecular formula is C19H19N4O6-. The third-order valence-electron chi connectivity index (χ3n) is 3.68. The summed E-state index contributed by atoms with van der Waals surface area (Å²) < 4.78 is 5.08. The van der Waals surface area contributed by atoms with Crippen molar-refractivity contribution in [3.05, 3.63) is 63.7 Å². The summed E-state index contributed by atoms with van der Waals surface area (Å²) in [6.07, 6.45) is 1.64. The van der Waals surface area contributed by atoms with Crippen LogP contribution in [-0.4, -0.2) is 36.1 Å². The molecule has 0 aromatic heterocycles. The number of rotatable bonds is 8. The average molecular weight is 399 g/mol. The van der Waals surface area contributed by atoms with Crippen LogP contribution in [0.25, 0.3) is 0 Å². The maximum Gasteiger partial charge on any atom is 0.329 e. The molecule has 0 heterocycles. The van der Waals surface area contributed by atoms with Crippen molar-refractivity contribution in [1.29, 1.82) is 0 Å². The van der Waals surface area contributed by atoms with Crippen LogP contribution in [0.5, 0.6) is 11.5 Å². The molecule has 0 spiro atoms. The number of hydrogen-bond acceptors (Lipinski definition) is 7. The largest absolute Gasteiger partial charge is 0.865 e. The van der Waals surface area contributed by atoms with Gasteiger partial charge < -0.3 is 15.2 Å². The molecule has 0 aliphatic carbocycles. The van der Waals surface area contributed by atoms with E-state index in [0.717, 1.165) is 17.8 Å². The van der Waals surface area contributed by atoms with Crippen LogP contribution in [0.15, 0.2) is 47.6 Å². The van der Waals surface area contributed by atoms with Gasteiger partial charge in [-0.25, -0.2) is 5.43 Å². The van der Waals surface area contributed by atoms with Gasteiger partial charge in [0.25, 0.3) is 5.69 Å². The van der Waals surface area contributed by atoms with Crippen LogP contribution in [0.1, 0.15) is 18.1 Å². The first kappa shape index (κ1) is 21.4. The fraction of sp³-hybridized carbons (Fsp3) is 0.211. The molecule has 10 nitrogen and oxygen atoms in total. The zero-order chi connectivity index (χ0) is 21.2. The molecule has 152 valence electrons. The quantitative estimate of drug-likeness (QED) is 0.291. The van der Waals surface area contributed by atoms with Crippen LogP contribution in [0.2, 0.25) is 0 Å². The number of hydrazone groups is 1. The Kier molecular flexibility index (Phi) is 7.66. The molecule has 0 radical (unpaired) electrons. The van der Waals surface area contributed by atoms with E-state index in [0.29, 0.717) is 6.42 Å². The Hall–Kier alpha value is -3.95. The fourth-order valence-corrected chi connectivity index (χ4v) is 2.34. The normalized spacial score (nSPS) is 10.5. The van der Waals surface area contributed by atoms with Crippen LogP contribution >= 0.6 is 0 Å². The smallest absolute Gasteiger partial charge is 0.329 e. The van der Waals surface area contributed by atoms with Crippen LogP contribution < -0.4 is 20.6 Å². The van der Waals surface area contributed by atoms with E-state index in [9.17, 15) is 24.8 Å². The zero-order valence-corrected chi connectivity index (χ0v) is 15.6. The maximum absolute atomic E-state index is 11.9. The van der Waals surface area contributed by atoms with Gasteiger partial charge in [-0.2, -0.15) is 5.10 Å². The van der Waals surface area contributed by atoms with Gasteiger partial charge in [0.05, 0.1) is 17.7 Å². The summed E-state index contributed by atoms with van der Waals surface area (Å²) in [5, 5.41) is 28.9. The van der Waals surface area contributed by atoms with E-state index in [1.165, 1.54) is 6.07 Å². The molecule has 10 heteroatoms. The number of nitrogens with one attached hydrogen (secondary N) is 2. The fourth-order valence-electron chi connectivity index (χ4n) is 2.34. The number of benzene rings is 2. The predicted molar refractivity (Wildman–Crippen MR) is 103 cm³/mol. The number of carbonyl (C=O) groups excluding carboxylic acids is 2. The first-order valence-corrected chi connectivity index (χ1v) is 8.69. The van der Waals surface area contributed by atoms with Crippen LogP contribution in [0.4, 0.5) is 5.69 Å². The molecule has 2 aromatic carbocycles. The van der Waals surface area contributed by atoms with Crippen LogP contribution in [0, 0.1) is 10.1 Å². The van der Waals surface area contributed by atoms with Crippen molar-refractivity contribution in [2.24, 2.45) is 5.10 Å². The van der Waals surface area contributed by atoms with Crippen molar-refractivity contribution in [2.45, 2.75) is 13.3 Å². The second-order valence-electron chi connectivity index (χ2n) is 5.75. The zero-order valence-electron chi connectivity index (χ0n) is 15.6. The number of nitro groups is 1. The second-order valence-corrected chi connectivity index (χ2v) is 5.75. The first-order valence-electron chi connectivity index (χ1n) is 8.69. The van der Waals surface area contributed by atoms with Crippen molar-refractivity contribution in [3.63, 3.8) is 0 Å². The Morgan fingerprint density at radius 1 is 1.21 bits per heavy atom. The monoisotopic (exact) mass is 399 g/mol. The lowest BCUT2D eigenvalue weighted by atomic mass is 10.1. The Labute approximate surface area is 166 Å². The lowest BCUT2D eigenvalue weighted by Crippen LogP contribution is -2.38. The molecule has 2 N–H and O–H groups in total. The molecule has 2 amide bonds. The van der Waals surface area contributed by atoms with Crippen molar-refractivity contribution >= 4 is 23.7 Å². The lowest BCUT2D eigenvalue weighted by molar-refractivity contribution is -0.398. The molecule has 0 unspecified atom stereocenters. The molecule has 0 saturated carbocycles. The second kappa shape index (κ2) is 10.4. The first-order chi connectivity index (χ1) is 13.9. The third-order valence-corrected chi connectivity index (χ3v) is 3.68. The highest BCUT2D eigenvalue weighted by Crippen LogP contribution is 2.34. The van der Waals surface area contributed by atoms with E-state index in [1.807, 2.05) is 35.8 Å². The van der Waals surface area contributed by atoms with Crippen molar-refractivity contribution in [3.8, 4) is 11.5 Å². The number of nitro benzene ring substituents is 1. The van der Waals surface area contributed by atoms with Gasteiger partial charge >= 0.3 is 11.8 Å². The minimum absolute atomic E-state index is 0.146. The van der Waals surface area contributed by atoms with Gasteiger partial charge in [0, 0.05) is 23.9 Å². The highest BCUT2D eigenvalue weighted by Gasteiger charge is 2.14. The minimum atomic E-state index is -0.991. The molecule has 2 aromatic rings. The number of nitrogens with zero attached hydrogens (tertiary/aromatic N) is 2. The molecular weight excluding hydrogens is 380 g/mol. The highest BCUT2D eigenvalue weighted by molar-refractivity contribution is 6.35. The van der Waals surface area contributed by atoms with Crippen LogP contribution in [0.3, 0.4) is 0 Å². The number of ether oxygens (including phenoxy) is 1. The summed E-state index contributed by atoms with van der Waals surface area (Å²) in [6, 6.07) is 11.7. The molecule has 0 atom stereocenters. The van der Waals surface area contributed by atoms with Crippen molar-refractivity contribution < 1.29 is 24.4 Å².